The van der Waals surface area contributed by atoms with E-state index in [-0.39, 0.29) is 17.4 Å². The highest BCUT2D eigenvalue weighted by Crippen LogP contribution is 2.38. The number of nitrogens with zero attached hydrogens (tertiary/aromatic N) is 2. The van der Waals surface area contributed by atoms with E-state index in [0.29, 0.717) is 36.5 Å². The van der Waals surface area contributed by atoms with Crippen molar-refractivity contribution in [3.8, 4) is 20.9 Å². The van der Waals surface area contributed by atoms with Crippen molar-refractivity contribution in [2.45, 2.75) is 71.4 Å². The number of likely N-dealkylation sites (tertiary alicyclic amines) is 1. The molecule has 1 aliphatic heterocycles. The summed E-state index contributed by atoms with van der Waals surface area (Å²) in [4.78, 5) is 33.8. The van der Waals surface area contributed by atoms with Crippen LogP contribution < -0.4 is 5.32 Å². The molecule has 8 heteroatoms. The Hall–Kier alpha value is -2.90. The first-order valence-corrected chi connectivity index (χ1v) is 14.1. The average Bonchev–Trinajstić information content (AvgIpc) is 3.32. The van der Waals surface area contributed by atoms with E-state index in [2.05, 4.69) is 49.3 Å². The quantitative estimate of drug-likeness (QED) is 0.362. The second-order valence-electron chi connectivity index (χ2n) is 11.8. The van der Waals surface area contributed by atoms with Crippen molar-refractivity contribution >= 4 is 34.9 Å². The lowest BCUT2D eigenvalue weighted by Crippen LogP contribution is -2.47. The van der Waals surface area contributed by atoms with Crippen LogP contribution in [0.5, 0.6) is 0 Å². The van der Waals surface area contributed by atoms with E-state index >= 15 is 0 Å². The fourth-order valence-corrected chi connectivity index (χ4v) is 5.74. The van der Waals surface area contributed by atoms with Crippen LogP contribution in [0.3, 0.4) is 0 Å². The van der Waals surface area contributed by atoms with Gasteiger partial charge in [0.25, 0.3) is 5.91 Å². The predicted octanol–water partition coefficient (Wildman–Crippen LogP) is 7.56. The Morgan fingerprint density at radius 3 is 2.32 bits per heavy atom. The highest BCUT2D eigenvalue weighted by molar-refractivity contribution is 7.18. The molecular formula is C30H36ClN3O3S. The van der Waals surface area contributed by atoms with Gasteiger partial charge < -0.3 is 15.0 Å². The van der Waals surface area contributed by atoms with Gasteiger partial charge in [-0.1, -0.05) is 38.4 Å². The summed E-state index contributed by atoms with van der Waals surface area (Å²) in [5, 5.41) is 3.46. The van der Waals surface area contributed by atoms with Crippen molar-refractivity contribution in [2.24, 2.45) is 0 Å². The third-order valence-electron chi connectivity index (χ3n) is 6.40. The molecule has 3 aromatic rings. The molecule has 2 amide bonds. The summed E-state index contributed by atoms with van der Waals surface area (Å²) < 4.78 is 5.34. The van der Waals surface area contributed by atoms with E-state index in [9.17, 15) is 9.59 Å². The molecule has 0 unspecified atom stereocenters. The standard InChI is InChI=1S/C30H36ClN3O3S/c1-29(2,3)26-18-19(11-14-32-26)24-9-10-25(38-24)22-8-7-20(17-23(22)31)27(35)34-15-12-21(13-16-34)33-28(36)37-30(4,5)6/h7-11,14,17-18,21H,12-13,15-16H2,1-6H3,(H,33,36). The van der Waals surface area contributed by atoms with E-state index in [0.717, 1.165) is 26.6 Å². The van der Waals surface area contributed by atoms with Gasteiger partial charge in [0, 0.05) is 57.3 Å². The second-order valence-corrected chi connectivity index (χ2v) is 13.2. The first-order chi connectivity index (χ1) is 17.8. The van der Waals surface area contributed by atoms with Crippen molar-refractivity contribution in [2.75, 3.05) is 13.1 Å². The summed E-state index contributed by atoms with van der Waals surface area (Å²) in [6.07, 6.45) is 2.81. The molecule has 1 N–H and O–H groups in total. The highest BCUT2D eigenvalue weighted by atomic mass is 35.5. The number of amides is 2. The number of hydrogen-bond acceptors (Lipinski definition) is 5. The maximum Gasteiger partial charge on any atom is 0.407 e. The number of aromatic nitrogens is 1. The lowest BCUT2D eigenvalue weighted by Gasteiger charge is -2.33. The van der Waals surface area contributed by atoms with Gasteiger partial charge in [-0.25, -0.2) is 4.79 Å². The van der Waals surface area contributed by atoms with Crippen molar-refractivity contribution in [3.05, 3.63) is 64.9 Å². The number of hydrogen-bond donors (Lipinski definition) is 1. The number of benzene rings is 1. The molecule has 2 aromatic heterocycles. The van der Waals surface area contributed by atoms with Gasteiger partial charge in [-0.15, -0.1) is 11.3 Å². The van der Waals surface area contributed by atoms with Gasteiger partial charge in [0.05, 0.1) is 5.02 Å². The van der Waals surface area contributed by atoms with Gasteiger partial charge in [-0.05, 0) is 75.6 Å². The summed E-state index contributed by atoms with van der Waals surface area (Å²) in [7, 11) is 0. The van der Waals surface area contributed by atoms with Crippen LogP contribution in [-0.4, -0.2) is 46.6 Å². The van der Waals surface area contributed by atoms with Gasteiger partial charge in [-0.3, -0.25) is 9.78 Å². The maximum atomic E-state index is 13.2. The average molecular weight is 554 g/mol. The van der Waals surface area contributed by atoms with E-state index in [1.54, 1.807) is 17.4 Å². The lowest BCUT2D eigenvalue weighted by atomic mass is 9.91. The molecular weight excluding hydrogens is 518 g/mol. The zero-order valence-electron chi connectivity index (χ0n) is 22.9. The van der Waals surface area contributed by atoms with Gasteiger partial charge in [-0.2, -0.15) is 0 Å². The summed E-state index contributed by atoms with van der Waals surface area (Å²) in [5.74, 6) is -0.0486. The Balaban J connectivity index is 1.41. The van der Waals surface area contributed by atoms with Crippen LogP contribution in [0.15, 0.2) is 48.7 Å². The van der Waals surface area contributed by atoms with E-state index < -0.39 is 11.7 Å². The largest absolute Gasteiger partial charge is 0.444 e. The number of rotatable bonds is 4. The second kappa shape index (κ2) is 11.1. The van der Waals surface area contributed by atoms with Crippen LogP contribution in [0.2, 0.25) is 5.02 Å². The molecule has 0 radical (unpaired) electrons. The Morgan fingerprint density at radius 2 is 1.68 bits per heavy atom. The molecule has 0 atom stereocenters. The van der Waals surface area contributed by atoms with Gasteiger partial charge in [0.2, 0.25) is 0 Å². The molecule has 1 aromatic carbocycles. The molecule has 0 saturated carbocycles. The van der Waals surface area contributed by atoms with Crippen LogP contribution in [0.25, 0.3) is 20.9 Å². The number of halogens is 1. The van der Waals surface area contributed by atoms with Crippen LogP contribution in [0.4, 0.5) is 4.79 Å². The normalized spacial score (nSPS) is 14.9. The highest BCUT2D eigenvalue weighted by Gasteiger charge is 2.27. The monoisotopic (exact) mass is 553 g/mol. The summed E-state index contributed by atoms with van der Waals surface area (Å²) >= 11 is 8.36. The third-order valence-corrected chi connectivity index (χ3v) is 7.88. The number of pyridine rings is 1. The SMILES string of the molecule is CC(C)(C)OC(=O)NC1CCN(C(=O)c2ccc(-c3ccc(-c4ccnc(C(C)(C)C)c4)s3)c(Cl)c2)CC1. The molecule has 1 aliphatic rings. The molecule has 0 spiro atoms. The van der Waals surface area contributed by atoms with Crippen LogP contribution in [-0.2, 0) is 10.2 Å². The number of piperidine rings is 1. The number of alkyl carbamates (subject to hydrolysis) is 1. The molecule has 38 heavy (non-hydrogen) atoms. The minimum absolute atomic E-state index is 0.00670. The molecule has 3 heterocycles. The van der Waals surface area contributed by atoms with Crippen molar-refractivity contribution in [3.63, 3.8) is 0 Å². The first kappa shape index (κ1) is 28.1. The molecule has 4 rings (SSSR count). The zero-order chi connectivity index (χ0) is 27.7. The fourth-order valence-electron chi connectivity index (χ4n) is 4.36. The summed E-state index contributed by atoms with van der Waals surface area (Å²) in [5.41, 5.74) is 3.10. The topological polar surface area (TPSA) is 71.5 Å². The van der Waals surface area contributed by atoms with Gasteiger partial charge in [0.1, 0.15) is 5.60 Å². The molecule has 1 fully saturated rings. The molecule has 1 saturated heterocycles. The molecule has 202 valence electrons. The maximum absolute atomic E-state index is 13.2. The number of thiophene rings is 1. The minimum Gasteiger partial charge on any atom is -0.444 e. The van der Waals surface area contributed by atoms with Crippen molar-refractivity contribution in [1.29, 1.82) is 0 Å². The number of carbonyl (C=O) groups excluding carboxylic acids is 2. The Morgan fingerprint density at radius 1 is 1.00 bits per heavy atom. The number of ether oxygens (including phenoxy) is 1. The molecule has 0 aliphatic carbocycles. The van der Waals surface area contributed by atoms with Gasteiger partial charge >= 0.3 is 6.09 Å². The van der Waals surface area contributed by atoms with Crippen LogP contribution in [0.1, 0.15) is 70.4 Å². The Bertz CT molecular complexity index is 1310. The smallest absolute Gasteiger partial charge is 0.407 e. The van der Waals surface area contributed by atoms with E-state index in [1.165, 1.54) is 0 Å². The van der Waals surface area contributed by atoms with E-state index in [4.69, 9.17) is 16.3 Å². The molecule has 0 bridgehead atoms. The number of carbonyl (C=O) groups is 2. The van der Waals surface area contributed by atoms with Crippen molar-refractivity contribution < 1.29 is 14.3 Å². The summed E-state index contributed by atoms with van der Waals surface area (Å²) in [6, 6.07) is 13.9. The molecule has 6 nitrogen and oxygen atoms in total. The van der Waals surface area contributed by atoms with Gasteiger partial charge in [0.15, 0.2) is 0 Å². The zero-order valence-corrected chi connectivity index (χ0v) is 24.5. The van der Waals surface area contributed by atoms with Crippen LogP contribution in [0, 0.1) is 0 Å². The third kappa shape index (κ3) is 6.94. The Kier molecular flexibility index (Phi) is 8.19. The first-order valence-electron chi connectivity index (χ1n) is 13.0. The Labute approximate surface area is 234 Å². The van der Waals surface area contributed by atoms with E-state index in [1.807, 2.05) is 50.1 Å². The van der Waals surface area contributed by atoms with Crippen LogP contribution >= 0.6 is 22.9 Å². The lowest BCUT2D eigenvalue weighted by molar-refractivity contribution is 0.0473. The predicted molar refractivity (Wildman–Crippen MR) is 155 cm³/mol. The fraction of sp³-hybridized carbons (Fsp3) is 0.433. The minimum atomic E-state index is -0.536. The number of nitrogens with one attached hydrogen (secondary N) is 1. The van der Waals surface area contributed by atoms with Crippen molar-refractivity contribution in [1.82, 2.24) is 15.2 Å². The summed E-state index contributed by atoms with van der Waals surface area (Å²) in [6.45, 7) is 13.1.